The van der Waals surface area contributed by atoms with Gasteiger partial charge in [0.1, 0.15) is 6.17 Å². The normalized spacial score (nSPS) is 18.7. The zero-order chi connectivity index (χ0) is 29.0. The Morgan fingerprint density at radius 1 is 1.12 bits per heavy atom. The van der Waals surface area contributed by atoms with Crippen LogP contribution in [0.2, 0.25) is 10.0 Å². The number of halogens is 3. The summed E-state index contributed by atoms with van der Waals surface area (Å²) < 4.78 is 16.0. The van der Waals surface area contributed by atoms with E-state index >= 15 is 0 Å². The molecule has 0 radical (unpaired) electrons. The first-order chi connectivity index (χ1) is 20.4. The monoisotopic (exact) mass is 624 g/mol. The van der Waals surface area contributed by atoms with E-state index in [-0.39, 0.29) is 30.1 Å². The molecule has 0 spiro atoms. The number of anilines is 2. The van der Waals surface area contributed by atoms with Gasteiger partial charge in [-0.1, -0.05) is 35.3 Å². The number of nitrogens with zero attached hydrogens (tertiary/aromatic N) is 5. The third-order valence-corrected chi connectivity index (χ3v) is 9.71. The number of rotatable bonds is 6. The minimum atomic E-state index is -1.13. The number of amides is 2. The highest BCUT2D eigenvalue weighted by Crippen LogP contribution is 2.44. The van der Waals surface area contributed by atoms with Crippen molar-refractivity contribution in [3.63, 3.8) is 0 Å². The van der Waals surface area contributed by atoms with Crippen LogP contribution >= 0.6 is 34.5 Å². The minimum absolute atomic E-state index is 0.0577. The molecular formula is C30H27Cl2FN6O2S. The largest absolute Gasteiger partial charge is 0.372 e. The Balaban J connectivity index is 1.24. The molecule has 42 heavy (non-hydrogen) atoms. The predicted octanol–water partition coefficient (Wildman–Crippen LogP) is 6.53. The lowest BCUT2D eigenvalue weighted by molar-refractivity contribution is -0.121. The van der Waals surface area contributed by atoms with Crippen LogP contribution in [-0.4, -0.2) is 50.5 Å². The van der Waals surface area contributed by atoms with E-state index in [2.05, 4.69) is 32.3 Å². The van der Waals surface area contributed by atoms with Crippen LogP contribution in [0.5, 0.6) is 0 Å². The van der Waals surface area contributed by atoms with Crippen LogP contribution in [-0.2, 0) is 24.3 Å². The zero-order valence-electron chi connectivity index (χ0n) is 22.5. The summed E-state index contributed by atoms with van der Waals surface area (Å²) in [5, 5.41) is 5.60. The molecular weight excluding hydrogens is 598 g/mol. The Morgan fingerprint density at radius 2 is 1.90 bits per heavy atom. The van der Waals surface area contributed by atoms with Crippen LogP contribution in [0.1, 0.15) is 52.6 Å². The van der Waals surface area contributed by atoms with Gasteiger partial charge in [-0.15, -0.1) is 11.3 Å². The van der Waals surface area contributed by atoms with Gasteiger partial charge in [0.15, 0.2) is 11.2 Å². The smallest absolute Gasteiger partial charge is 0.257 e. The summed E-state index contributed by atoms with van der Waals surface area (Å²) in [7, 11) is 0. The van der Waals surface area contributed by atoms with E-state index in [0.717, 1.165) is 24.3 Å². The van der Waals surface area contributed by atoms with Crippen molar-refractivity contribution in [1.82, 2.24) is 19.4 Å². The van der Waals surface area contributed by atoms with Gasteiger partial charge < -0.3 is 14.4 Å². The molecule has 1 unspecified atom stereocenters. The molecule has 7 rings (SSSR count). The summed E-state index contributed by atoms with van der Waals surface area (Å²) in [6.07, 6.45) is 5.77. The molecule has 216 valence electrons. The minimum Gasteiger partial charge on any atom is -0.372 e. The van der Waals surface area contributed by atoms with Crippen molar-refractivity contribution in [2.24, 2.45) is 0 Å². The van der Waals surface area contributed by atoms with Gasteiger partial charge in [0.2, 0.25) is 0 Å². The van der Waals surface area contributed by atoms with Crippen molar-refractivity contribution >= 4 is 57.2 Å². The first-order valence-electron chi connectivity index (χ1n) is 13.9. The fourth-order valence-electron chi connectivity index (χ4n) is 6.24. The maximum Gasteiger partial charge on any atom is 0.257 e. The maximum absolute atomic E-state index is 14.3. The topological polar surface area (TPSA) is 83.4 Å². The Labute approximate surface area is 256 Å². The molecule has 1 N–H and O–H groups in total. The first kappa shape index (κ1) is 27.4. The molecule has 4 aromatic rings. The van der Waals surface area contributed by atoms with Gasteiger partial charge in [0.25, 0.3) is 11.8 Å². The van der Waals surface area contributed by atoms with Gasteiger partial charge in [-0.05, 0) is 43.0 Å². The zero-order valence-corrected chi connectivity index (χ0v) is 24.9. The molecule has 2 aromatic carbocycles. The highest BCUT2D eigenvalue weighted by atomic mass is 35.5. The number of thiazole rings is 1. The predicted molar refractivity (Wildman–Crippen MR) is 162 cm³/mol. The molecule has 0 bridgehead atoms. The highest BCUT2D eigenvalue weighted by molar-refractivity contribution is 7.13. The van der Waals surface area contributed by atoms with Gasteiger partial charge in [-0.2, -0.15) is 0 Å². The lowest BCUT2D eigenvalue weighted by Crippen LogP contribution is -2.38. The number of fused-ring (bicyclic) bond motifs is 2. The molecule has 8 nitrogen and oxygen atoms in total. The van der Waals surface area contributed by atoms with Gasteiger partial charge in [0, 0.05) is 65.2 Å². The molecule has 3 aliphatic rings. The van der Waals surface area contributed by atoms with Crippen LogP contribution in [0.25, 0.3) is 11.1 Å². The van der Waals surface area contributed by atoms with Crippen molar-refractivity contribution in [3.8, 4) is 11.1 Å². The second kappa shape index (κ2) is 11.0. The van der Waals surface area contributed by atoms with E-state index in [1.165, 1.54) is 41.8 Å². The number of nitrogens with one attached hydrogen (secondary N) is 1. The van der Waals surface area contributed by atoms with Crippen molar-refractivity contribution in [3.05, 3.63) is 80.8 Å². The van der Waals surface area contributed by atoms with E-state index in [0.29, 0.717) is 32.7 Å². The number of carbonyl (C=O) groups is 2. The molecule has 1 fully saturated rings. The number of carbonyl (C=O) groups excluding carboxylic acids is 2. The van der Waals surface area contributed by atoms with E-state index in [1.54, 1.807) is 22.2 Å². The Bertz CT molecular complexity index is 1670. The first-order valence-corrected chi connectivity index (χ1v) is 15.6. The van der Waals surface area contributed by atoms with Gasteiger partial charge in [0.05, 0.1) is 29.2 Å². The molecule has 12 heteroatoms. The van der Waals surface area contributed by atoms with Crippen LogP contribution in [0.15, 0.2) is 48.2 Å². The third kappa shape index (κ3) is 4.75. The standard InChI is InChI=1S/C30H27Cl2FN6O2S/c31-22-13-20(17-4-6-19(7-5-17)37-9-2-1-3-10-37)25(32)24-21(22)15-39(29(24)41)27(28(40)36-30-34-8-11-42-30)26-23-12-18(33)14-38(23)16-35-26/h4-8,11,13,16,18,27H,1-3,9-10,12,14-15H2,(H,34,36,40)/t18-,27?/m1/s1. The van der Waals surface area contributed by atoms with E-state index < -0.39 is 24.0 Å². The summed E-state index contributed by atoms with van der Waals surface area (Å²) in [6, 6.07) is 8.79. The Hall–Kier alpha value is -3.47. The van der Waals surface area contributed by atoms with Crippen molar-refractivity contribution in [1.29, 1.82) is 0 Å². The number of hydrogen-bond donors (Lipinski definition) is 1. The molecule has 2 aromatic heterocycles. The number of aromatic nitrogens is 3. The van der Waals surface area contributed by atoms with Crippen LogP contribution in [0, 0.1) is 0 Å². The number of hydrogen-bond acceptors (Lipinski definition) is 6. The van der Waals surface area contributed by atoms with Crippen molar-refractivity contribution in [2.45, 2.75) is 51.0 Å². The van der Waals surface area contributed by atoms with E-state index in [9.17, 15) is 14.0 Å². The quantitative estimate of drug-likeness (QED) is 0.264. The number of imidazole rings is 1. The molecule has 0 saturated carbocycles. The van der Waals surface area contributed by atoms with Crippen molar-refractivity contribution < 1.29 is 14.0 Å². The lowest BCUT2D eigenvalue weighted by atomic mass is 9.99. The maximum atomic E-state index is 14.3. The molecule has 3 aliphatic heterocycles. The highest BCUT2D eigenvalue weighted by Gasteiger charge is 2.43. The third-order valence-electron chi connectivity index (χ3n) is 8.29. The Kier molecular flexibility index (Phi) is 7.16. The van der Waals surface area contributed by atoms with Crippen LogP contribution in [0.3, 0.4) is 0 Å². The second-order valence-corrected chi connectivity index (χ2v) is 12.5. The van der Waals surface area contributed by atoms with Gasteiger partial charge in [-0.3, -0.25) is 14.9 Å². The number of benzene rings is 2. The summed E-state index contributed by atoms with van der Waals surface area (Å²) in [5.74, 6) is -0.921. The lowest BCUT2D eigenvalue weighted by Gasteiger charge is -2.29. The molecule has 0 aliphatic carbocycles. The van der Waals surface area contributed by atoms with Crippen LogP contribution in [0.4, 0.5) is 15.2 Å². The fraction of sp³-hybridized carbons (Fsp3) is 0.333. The SMILES string of the molecule is O=C(Nc1nccs1)C(c1ncn2c1C[C@@H](F)C2)N1Cc2c(Cl)cc(-c3ccc(N4CCCCC4)cc3)c(Cl)c2C1=O. The van der Waals surface area contributed by atoms with Crippen LogP contribution < -0.4 is 10.2 Å². The average molecular weight is 626 g/mol. The summed E-state index contributed by atoms with van der Waals surface area (Å²) in [6.45, 7) is 2.30. The van der Waals surface area contributed by atoms with Gasteiger partial charge in [-0.25, -0.2) is 14.4 Å². The summed E-state index contributed by atoms with van der Waals surface area (Å²) in [5.41, 5.74) is 4.39. The number of piperidine rings is 1. The molecule has 2 amide bonds. The summed E-state index contributed by atoms with van der Waals surface area (Å²) in [4.78, 5) is 40.3. The fourth-order valence-corrected chi connectivity index (χ4v) is 7.39. The molecule has 1 saturated heterocycles. The molecule has 2 atom stereocenters. The van der Waals surface area contributed by atoms with Gasteiger partial charge >= 0.3 is 0 Å². The Morgan fingerprint density at radius 3 is 2.64 bits per heavy atom. The van der Waals surface area contributed by atoms with Crippen molar-refractivity contribution in [2.75, 3.05) is 23.3 Å². The second-order valence-electron chi connectivity index (χ2n) is 10.9. The average Bonchev–Trinajstić information content (AvgIpc) is 3.78. The number of alkyl halides is 1. The molecule has 5 heterocycles. The van der Waals surface area contributed by atoms with E-state index in [4.69, 9.17) is 23.2 Å². The van der Waals surface area contributed by atoms with E-state index in [1.807, 2.05) is 12.1 Å². The summed E-state index contributed by atoms with van der Waals surface area (Å²) >= 11 is 15.0.